The highest BCUT2D eigenvalue weighted by molar-refractivity contribution is 7.96. The summed E-state index contributed by atoms with van der Waals surface area (Å²) in [5, 5.41) is 2.86. The Labute approximate surface area is 162 Å². The average Bonchev–Trinajstić information content (AvgIpc) is 2.73. The fourth-order valence-electron chi connectivity index (χ4n) is 3.11. The number of hydrogen-bond acceptors (Lipinski definition) is 5. The Hall–Kier alpha value is -3.51. The Morgan fingerprint density at radius 2 is 1.11 bits per heavy atom. The Kier molecular flexibility index (Phi) is 4.41. The van der Waals surface area contributed by atoms with E-state index in [0.29, 0.717) is 5.69 Å². The maximum absolute atomic E-state index is 13.3. The Balaban J connectivity index is 1.97. The van der Waals surface area contributed by atoms with Gasteiger partial charge in [-0.25, -0.2) is 8.42 Å². The van der Waals surface area contributed by atoms with E-state index >= 15 is 0 Å². The van der Waals surface area contributed by atoms with E-state index < -0.39 is 26.3 Å². The minimum atomic E-state index is -4.21. The molecule has 0 fully saturated rings. The van der Waals surface area contributed by atoms with Gasteiger partial charge in [-0.2, -0.15) is 0 Å². The van der Waals surface area contributed by atoms with Crippen LogP contribution in [0, 0.1) is 0 Å². The zero-order valence-electron chi connectivity index (χ0n) is 14.6. The first-order valence-corrected chi connectivity index (χ1v) is 10.0. The van der Waals surface area contributed by atoms with Gasteiger partial charge in [-0.05, 0) is 24.3 Å². The highest BCUT2D eigenvalue weighted by Crippen LogP contribution is 2.33. The second kappa shape index (κ2) is 6.90. The summed E-state index contributed by atoms with van der Waals surface area (Å²) in [6, 6.07) is 22.5. The standard InChI is InChI=1S/C22H15NO4S/c24-20-17-13-7-8-14-18(17)21(25)22(19(20)23-15-9-3-1-4-10-15)28(26,27)16-11-5-2-6-12-16/h1-14,23H. The van der Waals surface area contributed by atoms with Crippen molar-refractivity contribution in [2.45, 2.75) is 4.90 Å². The number of hydrogen-bond donors (Lipinski definition) is 1. The van der Waals surface area contributed by atoms with E-state index in [2.05, 4.69) is 5.32 Å². The monoisotopic (exact) mass is 389 g/mol. The van der Waals surface area contributed by atoms with Gasteiger partial charge < -0.3 is 5.32 Å². The molecule has 3 aromatic carbocycles. The number of fused-ring (bicyclic) bond motifs is 1. The number of allylic oxidation sites excluding steroid dienone is 2. The molecule has 0 amide bonds. The minimum Gasteiger partial charge on any atom is -0.351 e. The van der Waals surface area contributed by atoms with Crippen LogP contribution in [-0.4, -0.2) is 20.0 Å². The van der Waals surface area contributed by atoms with E-state index in [9.17, 15) is 18.0 Å². The van der Waals surface area contributed by atoms with Crippen molar-refractivity contribution in [1.29, 1.82) is 0 Å². The van der Waals surface area contributed by atoms with E-state index in [1.54, 1.807) is 60.7 Å². The SMILES string of the molecule is O=C1C(Nc2ccccc2)=C(S(=O)(=O)c2ccccc2)C(=O)c2ccccc21. The minimum absolute atomic E-state index is 0.0436. The molecule has 5 nitrogen and oxygen atoms in total. The molecule has 4 rings (SSSR count). The second-order valence-electron chi connectivity index (χ2n) is 6.22. The number of anilines is 1. The van der Waals surface area contributed by atoms with Crippen molar-refractivity contribution in [2.24, 2.45) is 0 Å². The summed E-state index contributed by atoms with van der Waals surface area (Å²) in [4.78, 5) is 25.7. The van der Waals surface area contributed by atoms with Crippen LogP contribution in [0.3, 0.4) is 0 Å². The van der Waals surface area contributed by atoms with Crippen LogP contribution >= 0.6 is 0 Å². The molecule has 28 heavy (non-hydrogen) atoms. The van der Waals surface area contributed by atoms with Crippen molar-refractivity contribution in [3.05, 3.63) is 107 Å². The van der Waals surface area contributed by atoms with E-state index in [1.165, 1.54) is 24.3 Å². The molecule has 138 valence electrons. The van der Waals surface area contributed by atoms with Crippen molar-refractivity contribution in [1.82, 2.24) is 0 Å². The molecule has 1 aliphatic carbocycles. The molecule has 0 aliphatic heterocycles. The van der Waals surface area contributed by atoms with Crippen LogP contribution in [0.25, 0.3) is 0 Å². The number of ketones is 2. The molecule has 0 heterocycles. The van der Waals surface area contributed by atoms with Crippen LogP contribution in [-0.2, 0) is 9.84 Å². The normalized spacial score (nSPS) is 14.0. The van der Waals surface area contributed by atoms with Crippen molar-refractivity contribution in [2.75, 3.05) is 5.32 Å². The molecule has 0 spiro atoms. The molecule has 0 radical (unpaired) electrons. The number of carbonyl (C=O) groups is 2. The van der Waals surface area contributed by atoms with Crippen LogP contribution in [0.4, 0.5) is 5.69 Å². The number of sulfone groups is 1. The second-order valence-corrected chi connectivity index (χ2v) is 8.10. The molecular formula is C22H15NO4S. The molecule has 0 saturated carbocycles. The smallest absolute Gasteiger partial charge is 0.212 e. The third kappa shape index (κ3) is 2.93. The fourth-order valence-corrected chi connectivity index (χ4v) is 4.62. The van der Waals surface area contributed by atoms with Crippen molar-refractivity contribution in [3.63, 3.8) is 0 Å². The average molecular weight is 389 g/mol. The lowest BCUT2D eigenvalue weighted by Crippen LogP contribution is -2.30. The van der Waals surface area contributed by atoms with Gasteiger partial charge in [0, 0.05) is 16.8 Å². The van der Waals surface area contributed by atoms with Crippen LogP contribution in [0.1, 0.15) is 20.7 Å². The van der Waals surface area contributed by atoms with Gasteiger partial charge in [-0.1, -0.05) is 60.7 Å². The van der Waals surface area contributed by atoms with Crippen LogP contribution in [0.2, 0.25) is 0 Å². The molecule has 1 N–H and O–H groups in total. The van der Waals surface area contributed by atoms with Gasteiger partial charge in [-0.15, -0.1) is 0 Å². The van der Waals surface area contributed by atoms with E-state index in [-0.39, 0.29) is 21.7 Å². The van der Waals surface area contributed by atoms with Gasteiger partial charge >= 0.3 is 0 Å². The lowest BCUT2D eigenvalue weighted by Gasteiger charge is -2.22. The van der Waals surface area contributed by atoms with Crippen LogP contribution < -0.4 is 5.32 Å². The number of nitrogens with one attached hydrogen (secondary N) is 1. The zero-order valence-corrected chi connectivity index (χ0v) is 15.4. The first-order chi connectivity index (χ1) is 13.5. The molecule has 0 unspecified atom stereocenters. The van der Waals surface area contributed by atoms with Gasteiger partial charge in [0.05, 0.1) is 4.90 Å². The van der Waals surface area contributed by atoms with E-state index in [4.69, 9.17) is 0 Å². The molecule has 0 aromatic heterocycles. The van der Waals surface area contributed by atoms with Crippen molar-refractivity contribution >= 4 is 27.1 Å². The molecular weight excluding hydrogens is 374 g/mol. The number of Topliss-reactive ketones (excluding diaryl/α,β-unsaturated/α-hetero) is 2. The zero-order chi connectivity index (χ0) is 19.7. The lowest BCUT2D eigenvalue weighted by molar-refractivity contribution is 0.0981. The van der Waals surface area contributed by atoms with Gasteiger partial charge in [-0.3, -0.25) is 9.59 Å². The number of carbonyl (C=O) groups excluding carboxylic acids is 2. The number of rotatable bonds is 4. The van der Waals surface area contributed by atoms with E-state index in [0.717, 1.165) is 0 Å². The summed E-state index contributed by atoms with van der Waals surface area (Å²) in [5.41, 5.74) is 0.538. The first kappa shape index (κ1) is 17.9. The van der Waals surface area contributed by atoms with Gasteiger partial charge in [0.1, 0.15) is 10.6 Å². The molecule has 0 atom stereocenters. The summed E-state index contributed by atoms with van der Waals surface area (Å²) in [6.07, 6.45) is 0. The first-order valence-electron chi connectivity index (χ1n) is 8.55. The maximum atomic E-state index is 13.3. The summed E-state index contributed by atoms with van der Waals surface area (Å²) < 4.78 is 26.6. The topological polar surface area (TPSA) is 80.3 Å². The third-order valence-electron chi connectivity index (χ3n) is 4.44. The van der Waals surface area contributed by atoms with Crippen LogP contribution in [0.5, 0.6) is 0 Å². The highest BCUT2D eigenvalue weighted by Gasteiger charge is 2.39. The molecule has 0 bridgehead atoms. The van der Waals surface area contributed by atoms with Gasteiger partial charge in [0.15, 0.2) is 0 Å². The summed E-state index contributed by atoms with van der Waals surface area (Å²) in [7, 11) is -4.21. The molecule has 0 saturated heterocycles. The summed E-state index contributed by atoms with van der Waals surface area (Å²) in [5.74, 6) is -1.23. The Morgan fingerprint density at radius 1 is 0.607 bits per heavy atom. The van der Waals surface area contributed by atoms with Crippen molar-refractivity contribution in [3.8, 4) is 0 Å². The third-order valence-corrected chi connectivity index (χ3v) is 6.26. The molecule has 3 aromatic rings. The predicted octanol–water partition coefficient (Wildman–Crippen LogP) is 3.86. The quantitative estimate of drug-likeness (QED) is 0.733. The lowest BCUT2D eigenvalue weighted by atomic mass is 9.92. The van der Waals surface area contributed by atoms with E-state index in [1.807, 2.05) is 0 Å². The molecule has 6 heteroatoms. The number of benzene rings is 3. The largest absolute Gasteiger partial charge is 0.351 e. The van der Waals surface area contributed by atoms with Gasteiger partial charge in [0.25, 0.3) is 0 Å². The fraction of sp³-hybridized carbons (Fsp3) is 0. The Morgan fingerprint density at radius 3 is 1.71 bits per heavy atom. The number of para-hydroxylation sites is 1. The maximum Gasteiger partial charge on any atom is 0.212 e. The molecule has 1 aliphatic rings. The summed E-state index contributed by atoms with van der Waals surface area (Å²) >= 11 is 0. The predicted molar refractivity (Wildman–Crippen MR) is 106 cm³/mol. The van der Waals surface area contributed by atoms with Crippen LogP contribution in [0.15, 0.2) is 100 Å². The summed E-state index contributed by atoms with van der Waals surface area (Å²) in [6.45, 7) is 0. The Bertz CT molecular complexity index is 1210. The van der Waals surface area contributed by atoms with Gasteiger partial charge in [0.2, 0.25) is 21.4 Å². The van der Waals surface area contributed by atoms with Crippen molar-refractivity contribution < 1.29 is 18.0 Å². The highest BCUT2D eigenvalue weighted by atomic mass is 32.2.